The topological polar surface area (TPSA) is 127 Å². The van der Waals surface area contributed by atoms with Crippen LogP contribution in [0.5, 0.6) is 0 Å². The summed E-state index contributed by atoms with van der Waals surface area (Å²) in [7, 11) is -4.47. The van der Waals surface area contributed by atoms with Gasteiger partial charge in [0.05, 0.1) is 0 Å². The van der Waals surface area contributed by atoms with E-state index < -0.39 is 22.5 Å². The average Bonchev–Trinajstić information content (AvgIpc) is 2.56. The molecule has 0 saturated carbocycles. The summed E-state index contributed by atoms with van der Waals surface area (Å²) in [6.07, 6.45) is 18.9. The van der Waals surface area contributed by atoms with E-state index in [1.165, 1.54) is 88.2 Å². The molecule has 170 valence electrons. The molecule has 0 aliphatic carbocycles. The van der Waals surface area contributed by atoms with E-state index in [4.69, 9.17) is 10.2 Å². The summed E-state index contributed by atoms with van der Waals surface area (Å²) in [4.78, 5) is 10.3. The van der Waals surface area contributed by atoms with Gasteiger partial charge in [-0.1, -0.05) is 96.8 Å². The Morgan fingerprint density at radius 2 is 1.14 bits per heavy atom. The minimum absolute atomic E-state index is 0. The van der Waals surface area contributed by atoms with Gasteiger partial charge in [0.15, 0.2) is 10.3 Å². The quantitative estimate of drug-likeness (QED) is 0.127. The van der Waals surface area contributed by atoms with Crippen LogP contribution in [0.3, 0.4) is 0 Å². The minimum Gasteiger partial charge on any atom is -0.735 e. The van der Waals surface area contributed by atoms with Crippen molar-refractivity contribution in [2.24, 2.45) is 0 Å². The smallest absolute Gasteiger partial charge is 0.735 e. The van der Waals surface area contributed by atoms with Gasteiger partial charge in [0, 0.05) is 6.42 Å². The van der Waals surface area contributed by atoms with Crippen molar-refractivity contribution in [2.45, 2.75) is 123 Å². The Kier molecular flexibility index (Phi) is 28.7. The first-order valence-electron chi connectivity index (χ1n) is 10.8. The van der Waals surface area contributed by atoms with Crippen LogP contribution in [0.2, 0.25) is 0 Å². The predicted octanol–water partition coefficient (Wildman–Crippen LogP) is 1.71. The Morgan fingerprint density at radius 3 is 1.34 bits per heavy atom. The van der Waals surface area contributed by atoms with Crippen LogP contribution in [0.25, 0.3) is 0 Å². The molecule has 0 bridgehead atoms. The van der Waals surface area contributed by atoms with Crippen LogP contribution < -0.4 is 34.3 Å². The number of carboxylic acids is 1. The second kappa shape index (κ2) is 24.6. The number of hydrogen-bond acceptors (Lipinski definition) is 5. The van der Waals surface area contributed by atoms with Gasteiger partial charge in [-0.25, -0.2) is 8.42 Å². The van der Waals surface area contributed by atoms with Crippen LogP contribution in [0, 0.1) is 0 Å². The van der Waals surface area contributed by atoms with Gasteiger partial charge < -0.3 is 14.8 Å². The van der Waals surface area contributed by atoms with E-state index in [1.807, 2.05) is 0 Å². The third-order valence-electron chi connectivity index (χ3n) is 4.31. The number of aliphatic carboxylic acids is 1. The second-order valence-electron chi connectivity index (χ2n) is 7.34. The minimum atomic E-state index is -4.47. The Hall–Kier alpha value is 0.300. The van der Waals surface area contributed by atoms with Crippen LogP contribution in [0.1, 0.15) is 117 Å². The van der Waals surface area contributed by atoms with Crippen molar-refractivity contribution in [3.63, 3.8) is 0 Å². The van der Waals surface area contributed by atoms with Gasteiger partial charge in [0.1, 0.15) is 6.23 Å². The van der Waals surface area contributed by atoms with Gasteiger partial charge in [-0.2, -0.15) is 4.72 Å². The molecular formula is C20H42NNaO6S. The Morgan fingerprint density at radius 1 is 0.828 bits per heavy atom. The van der Waals surface area contributed by atoms with E-state index in [2.05, 4.69) is 6.92 Å². The first-order chi connectivity index (χ1) is 13.2. The molecule has 0 saturated heterocycles. The fourth-order valence-corrected chi connectivity index (χ4v) is 3.27. The zero-order valence-electron chi connectivity index (χ0n) is 18.8. The number of unbranched alkanes of at least 4 members (excludes halogenated alkanes) is 14. The Labute approximate surface area is 200 Å². The van der Waals surface area contributed by atoms with Crippen molar-refractivity contribution in [1.29, 1.82) is 0 Å². The van der Waals surface area contributed by atoms with Crippen molar-refractivity contribution in [3.05, 3.63) is 0 Å². The van der Waals surface area contributed by atoms with Crippen LogP contribution >= 0.6 is 0 Å². The molecule has 0 aromatic heterocycles. The second-order valence-corrected chi connectivity index (χ2v) is 8.49. The normalized spacial score (nSPS) is 11.9. The standard InChI is InChI=1S/C18H36O2.C2H7NO4S.Na/c1-2-3-4-5-6-7-8-9-10-11-12-13-14-15-16-17-18(19)20;1-2(4)3-8(5,6)7;/h2-17H2,1H3,(H,19,20);2-4H,1H3,(H,5,6,7);/q;;+1/p-1. The maximum absolute atomic E-state index is 10.3. The Bertz CT molecular complexity index is 446. The third-order valence-corrected chi connectivity index (χ3v) is 4.94. The molecule has 0 spiro atoms. The molecular weight excluding hydrogens is 405 g/mol. The summed E-state index contributed by atoms with van der Waals surface area (Å²) in [5.74, 6) is -0.653. The maximum atomic E-state index is 10.3. The molecule has 7 nitrogen and oxygen atoms in total. The van der Waals surface area contributed by atoms with Gasteiger partial charge >= 0.3 is 35.5 Å². The van der Waals surface area contributed by atoms with E-state index in [9.17, 15) is 17.8 Å². The number of carbonyl (C=O) groups is 1. The number of nitrogens with one attached hydrogen (secondary N) is 1. The predicted molar refractivity (Wildman–Crippen MR) is 112 cm³/mol. The summed E-state index contributed by atoms with van der Waals surface area (Å²) < 4.78 is 30.2. The third kappa shape index (κ3) is 39.4. The Balaban J connectivity index is -0.000000636. The van der Waals surface area contributed by atoms with Crippen molar-refractivity contribution >= 4 is 16.3 Å². The van der Waals surface area contributed by atoms with E-state index in [0.717, 1.165) is 19.8 Å². The summed E-state index contributed by atoms with van der Waals surface area (Å²) >= 11 is 0. The van der Waals surface area contributed by atoms with Gasteiger partial charge in [-0.05, 0) is 13.3 Å². The largest absolute Gasteiger partial charge is 1.00 e. The summed E-state index contributed by atoms with van der Waals surface area (Å²) in [6, 6.07) is 0. The number of aliphatic hydroxyl groups is 1. The average molecular weight is 448 g/mol. The van der Waals surface area contributed by atoms with Gasteiger partial charge in [-0.15, -0.1) is 0 Å². The van der Waals surface area contributed by atoms with Crippen molar-refractivity contribution < 1.29 is 57.5 Å². The van der Waals surface area contributed by atoms with E-state index in [-0.39, 0.29) is 29.6 Å². The van der Waals surface area contributed by atoms with Gasteiger partial charge in [-0.3, -0.25) is 4.79 Å². The molecule has 0 amide bonds. The zero-order valence-corrected chi connectivity index (χ0v) is 21.6. The van der Waals surface area contributed by atoms with Crippen molar-refractivity contribution in [2.75, 3.05) is 0 Å². The number of rotatable bonds is 18. The molecule has 0 radical (unpaired) electrons. The summed E-state index contributed by atoms with van der Waals surface area (Å²) in [5, 5.41) is 16.7. The summed E-state index contributed by atoms with van der Waals surface area (Å²) in [5.41, 5.74) is 0. The molecule has 0 rings (SSSR count). The molecule has 3 N–H and O–H groups in total. The van der Waals surface area contributed by atoms with E-state index in [1.54, 1.807) is 0 Å². The van der Waals surface area contributed by atoms with Crippen molar-refractivity contribution in [3.8, 4) is 0 Å². The molecule has 1 atom stereocenters. The molecule has 0 aliphatic heterocycles. The van der Waals surface area contributed by atoms with Crippen LogP contribution in [-0.2, 0) is 15.1 Å². The molecule has 9 heteroatoms. The SMILES string of the molecule is CC(O)NS(=O)(=O)[O-].CCCCCCCCCCCCCCCCCC(=O)O.[Na+]. The fraction of sp³-hybridized carbons (Fsp3) is 0.950. The molecule has 0 fully saturated rings. The number of hydrogen-bond donors (Lipinski definition) is 3. The maximum Gasteiger partial charge on any atom is 1.00 e. The summed E-state index contributed by atoms with van der Waals surface area (Å²) in [6.45, 7) is 3.40. The van der Waals surface area contributed by atoms with Crippen LogP contribution in [0.4, 0.5) is 0 Å². The van der Waals surface area contributed by atoms with Crippen LogP contribution in [-0.4, -0.2) is 35.4 Å². The van der Waals surface area contributed by atoms with E-state index in [0.29, 0.717) is 6.42 Å². The molecule has 0 aromatic carbocycles. The first-order valence-corrected chi connectivity index (χ1v) is 12.2. The molecule has 1 unspecified atom stereocenters. The van der Waals surface area contributed by atoms with Crippen molar-refractivity contribution in [1.82, 2.24) is 4.72 Å². The first kappa shape index (κ1) is 33.9. The van der Waals surface area contributed by atoms with Gasteiger partial charge in [0.2, 0.25) is 0 Å². The number of aliphatic hydroxyl groups excluding tert-OH is 1. The molecule has 0 heterocycles. The molecule has 0 aliphatic rings. The zero-order chi connectivity index (χ0) is 21.7. The van der Waals surface area contributed by atoms with Gasteiger partial charge in [0.25, 0.3) is 0 Å². The number of carboxylic acid groups (broad SMARTS) is 1. The van der Waals surface area contributed by atoms with E-state index >= 15 is 0 Å². The fourth-order valence-electron chi connectivity index (χ4n) is 2.86. The molecule has 29 heavy (non-hydrogen) atoms. The monoisotopic (exact) mass is 447 g/mol. The molecule has 0 aromatic rings. The van der Waals surface area contributed by atoms with Crippen LogP contribution in [0.15, 0.2) is 0 Å².